The molecule has 1 N–H and O–H groups in total. The first-order valence-corrected chi connectivity index (χ1v) is 9.36. The summed E-state index contributed by atoms with van der Waals surface area (Å²) in [6.07, 6.45) is 7.29. The zero-order chi connectivity index (χ0) is 19.8. The molecular weight excluding hydrogens is 349 g/mol. The summed E-state index contributed by atoms with van der Waals surface area (Å²) in [5.41, 5.74) is 0. The number of carbonyl (C=O) groups is 2. The van der Waals surface area contributed by atoms with Crippen molar-refractivity contribution in [1.82, 2.24) is 9.88 Å². The fraction of sp³-hybridized carbons (Fsp3) is 0.550. The molecule has 1 amide bonds. The molecule has 2 saturated heterocycles. The van der Waals surface area contributed by atoms with Crippen molar-refractivity contribution >= 4 is 18.2 Å². The van der Waals surface area contributed by atoms with E-state index in [1.807, 2.05) is 11.0 Å². The zero-order valence-corrected chi connectivity index (χ0v) is 15.9. The topological polar surface area (TPSA) is 73.7 Å². The average molecular weight is 377 g/mol. The molecule has 0 spiro atoms. The molecule has 148 valence electrons. The molecule has 7 heteroatoms. The minimum absolute atomic E-state index is 0.129. The van der Waals surface area contributed by atoms with Crippen molar-refractivity contribution in [2.24, 2.45) is 17.8 Å². The maximum Gasteiger partial charge on any atom is 0.290 e. The number of amides is 1. The Morgan fingerprint density at radius 1 is 1.30 bits per heavy atom. The molecule has 2 aliphatic rings. The Balaban J connectivity index is 0.000000817. The van der Waals surface area contributed by atoms with Gasteiger partial charge in [-0.1, -0.05) is 19.9 Å². The zero-order valence-electron chi connectivity index (χ0n) is 15.9. The van der Waals surface area contributed by atoms with E-state index in [9.17, 15) is 9.18 Å². The normalized spacial score (nSPS) is 22.2. The van der Waals surface area contributed by atoms with E-state index in [-0.39, 0.29) is 18.2 Å². The summed E-state index contributed by atoms with van der Waals surface area (Å²) < 4.78 is 14.0. The van der Waals surface area contributed by atoms with Gasteiger partial charge in [-0.2, -0.15) is 0 Å². The summed E-state index contributed by atoms with van der Waals surface area (Å²) in [6, 6.07) is 3.09. The number of pyridine rings is 1. The number of fused-ring (bicyclic) bond motifs is 1. The molecule has 6 nitrogen and oxygen atoms in total. The molecular formula is C20H28FN3O3. The van der Waals surface area contributed by atoms with Crippen LogP contribution in [0.2, 0.25) is 0 Å². The van der Waals surface area contributed by atoms with Crippen LogP contribution in [0.1, 0.15) is 26.7 Å². The molecule has 0 saturated carbocycles. The second-order valence-electron chi connectivity index (χ2n) is 7.35. The number of halogens is 1. The highest BCUT2D eigenvalue weighted by atomic mass is 19.1. The fourth-order valence-corrected chi connectivity index (χ4v) is 3.73. The molecule has 0 radical (unpaired) electrons. The number of carboxylic acid groups (broad SMARTS) is 1. The van der Waals surface area contributed by atoms with E-state index < -0.39 is 0 Å². The van der Waals surface area contributed by atoms with Gasteiger partial charge in [-0.15, -0.1) is 0 Å². The Hall–Kier alpha value is -2.44. The number of carbonyl (C=O) groups excluding carboxylic acids is 1. The number of allylic oxidation sites excluding steroid dienone is 1. The Labute approximate surface area is 159 Å². The molecule has 27 heavy (non-hydrogen) atoms. The Morgan fingerprint density at radius 2 is 1.89 bits per heavy atom. The van der Waals surface area contributed by atoms with Gasteiger partial charge in [0.25, 0.3) is 6.47 Å². The quantitative estimate of drug-likeness (QED) is 0.648. The van der Waals surface area contributed by atoms with Gasteiger partial charge in [-0.25, -0.2) is 9.37 Å². The predicted molar refractivity (Wildman–Crippen MR) is 102 cm³/mol. The van der Waals surface area contributed by atoms with Gasteiger partial charge in [0.05, 0.1) is 0 Å². The number of anilines is 1. The maximum atomic E-state index is 14.0. The second kappa shape index (κ2) is 10.0. The van der Waals surface area contributed by atoms with Gasteiger partial charge in [0.15, 0.2) is 11.6 Å². The van der Waals surface area contributed by atoms with Crippen LogP contribution >= 0.6 is 0 Å². The van der Waals surface area contributed by atoms with Crippen molar-refractivity contribution in [2.45, 2.75) is 26.7 Å². The maximum absolute atomic E-state index is 14.0. The molecule has 2 aliphatic heterocycles. The number of likely N-dealkylation sites (tertiary alicyclic amines) is 1. The third kappa shape index (κ3) is 5.77. The van der Waals surface area contributed by atoms with E-state index in [1.54, 1.807) is 18.3 Å². The summed E-state index contributed by atoms with van der Waals surface area (Å²) in [6.45, 7) is 7.15. The third-order valence-electron chi connectivity index (χ3n) is 5.09. The first-order chi connectivity index (χ1) is 13.0. The Kier molecular flexibility index (Phi) is 7.76. The first-order valence-electron chi connectivity index (χ1n) is 9.36. The molecule has 0 unspecified atom stereocenters. The highest BCUT2D eigenvalue weighted by Gasteiger charge is 2.36. The van der Waals surface area contributed by atoms with Crippen LogP contribution in [0.4, 0.5) is 10.2 Å². The summed E-state index contributed by atoms with van der Waals surface area (Å²) in [7, 11) is 0. The van der Waals surface area contributed by atoms with Gasteiger partial charge < -0.3 is 14.9 Å². The molecule has 3 rings (SSSR count). The number of nitrogens with zero attached hydrogens (tertiary/aromatic N) is 3. The summed E-state index contributed by atoms with van der Waals surface area (Å²) in [4.78, 5) is 28.9. The molecule has 1 aromatic heterocycles. The van der Waals surface area contributed by atoms with Gasteiger partial charge in [0.1, 0.15) is 0 Å². The van der Waals surface area contributed by atoms with Crippen molar-refractivity contribution in [3.8, 4) is 0 Å². The van der Waals surface area contributed by atoms with Gasteiger partial charge in [-0.3, -0.25) is 9.59 Å². The van der Waals surface area contributed by atoms with Crippen molar-refractivity contribution in [3.63, 3.8) is 0 Å². The molecule has 0 bridgehead atoms. The molecule has 2 fully saturated rings. The smallest absolute Gasteiger partial charge is 0.290 e. The average Bonchev–Trinajstić information content (AvgIpc) is 2.95. The van der Waals surface area contributed by atoms with E-state index in [0.29, 0.717) is 23.6 Å². The van der Waals surface area contributed by atoms with Crippen LogP contribution in [0.5, 0.6) is 0 Å². The number of aromatic nitrogens is 1. The minimum atomic E-state index is -0.250. The predicted octanol–water partition coefficient (Wildman–Crippen LogP) is 2.81. The molecule has 0 aliphatic carbocycles. The van der Waals surface area contributed by atoms with Crippen LogP contribution < -0.4 is 4.90 Å². The highest BCUT2D eigenvalue weighted by molar-refractivity contribution is 5.87. The third-order valence-corrected chi connectivity index (χ3v) is 5.09. The molecule has 0 aromatic carbocycles. The lowest BCUT2D eigenvalue weighted by Gasteiger charge is -2.23. The largest absolute Gasteiger partial charge is 0.483 e. The fourth-order valence-electron chi connectivity index (χ4n) is 3.73. The molecule has 3 heterocycles. The first kappa shape index (κ1) is 20.9. The van der Waals surface area contributed by atoms with Crippen LogP contribution in [0.25, 0.3) is 0 Å². The summed E-state index contributed by atoms with van der Waals surface area (Å²) in [5, 5.41) is 6.89. The van der Waals surface area contributed by atoms with Crippen molar-refractivity contribution < 1.29 is 19.1 Å². The Bertz CT molecular complexity index is 650. The van der Waals surface area contributed by atoms with E-state index in [1.165, 1.54) is 6.07 Å². The van der Waals surface area contributed by atoms with Crippen LogP contribution in [-0.2, 0) is 9.59 Å². The van der Waals surface area contributed by atoms with Crippen LogP contribution in [0.3, 0.4) is 0 Å². The molecule has 2 atom stereocenters. The standard InChI is InChI=1S/C19H26FN3O.CH2O2/c1-14(2)5-6-18(24)23-12-15-7-10-22(11-8-16(15)13-23)19-17(20)4-3-9-21-19;2-1-3/h3-6,9,14-16H,7-8,10-13H2,1-2H3;1H,(H,2,3)/b6-5+;/t15-,16+;. The SMILES string of the molecule is CC(C)/C=C/C(=O)N1C[C@H]2CCN(c3ncccc3F)CC[C@H]2C1.O=CO. The monoisotopic (exact) mass is 377 g/mol. The number of rotatable bonds is 3. The van der Waals surface area contributed by atoms with Crippen molar-refractivity contribution in [3.05, 3.63) is 36.3 Å². The Morgan fingerprint density at radius 3 is 2.41 bits per heavy atom. The minimum Gasteiger partial charge on any atom is -0.483 e. The second-order valence-corrected chi connectivity index (χ2v) is 7.35. The lowest BCUT2D eigenvalue weighted by molar-refractivity contribution is -0.125. The summed E-state index contributed by atoms with van der Waals surface area (Å²) in [5.74, 6) is 1.76. The van der Waals surface area contributed by atoms with Gasteiger partial charge >= 0.3 is 0 Å². The van der Waals surface area contributed by atoms with E-state index in [4.69, 9.17) is 9.90 Å². The van der Waals surface area contributed by atoms with Gasteiger partial charge in [0, 0.05) is 32.4 Å². The van der Waals surface area contributed by atoms with E-state index in [0.717, 1.165) is 39.0 Å². The van der Waals surface area contributed by atoms with E-state index in [2.05, 4.69) is 23.7 Å². The van der Waals surface area contributed by atoms with Crippen LogP contribution in [-0.4, -0.2) is 53.5 Å². The van der Waals surface area contributed by atoms with Crippen molar-refractivity contribution in [1.29, 1.82) is 0 Å². The van der Waals surface area contributed by atoms with Crippen molar-refractivity contribution in [2.75, 3.05) is 31.1 Å². The van der Waals surface area contributed by atoms with Crippen LogP contribution in [0.15, 0.2) is 30.5 Å². The lowest BCUT2D eigenvalue weighted by Crippen LogP contribution is -2.30. The molecule has 1 aromatic rings. The van der Waals surface area contributed by atoms with E-state index >= 15 is 0 Å². The van der Waals surface area contributed by atoms with Gasteiger partial charge in [-0.05, 0) is 48.8 Å². The van der Waals surface area contributed by atoms with Crippen LogP contribution in [0, 0.1) is 23.6 Å². The van der Waals surface area contributed by atoms with Gasteiger partial charge in [0.2, 0.25) is 5.91 Å². The number of hydrogen-bond donors (Lipinski definition) is 1. The number of hydrogen-bond acceptors (Lipinski definition) is 4. The highest BCUT2D eigenvalue weighted by Crippen LogP contribution is 2.33. The summed E-state index contributed by atoms with van der Waals surface area (Å²) >= 11 is 0. The lowest BCUT2D eigenvalue weighted by atomic mass is 9.92.